The Labute approximate surface area is 169 Å². The minimum atomic E-state index is -0.429. The SMILES string of the molecule is COc1ccccc1N1CCN(c2cnccn2)C(c2ccc(C(N)=O)cc2)C1. The molecule has 0 spiro atoms. The number of primary amides is 1. The van der Waals surface area contributed by atoms with Gasteiger partial charge < -0.3 is 20.3 Å². The first-order chi connectivity index (χ1) is 14.2. The maximum absolute atomic E-state index is 11.5. The fraction of sp³-hybridized carbons (Fsp3) is 0.227. The van der Waals surface area contributed by atoms with Crippen LogP contribution in [0, 0.1) is 0 Å². The van der Waals surface area contributed by atoms with E-state index >= 15 is 0 Å². The Morgan fingerprint density at radius 2 is 1.90 bits per heavy atom. The van der Waals surface area contributed by atoms with Crippen LogP contribution in [0.25, 0.3) is 0 Å². The van der Waals surface area contributed by atoms with E-state index in [4.69, 9.17) is 10.5 Å². The number of anilines is 2. The molecule has 1 fully saturated rings. The molecule has 148 valence electrons. The molecule has 29 heavy (non-hydrogen) atoms. The minimum Gasteiger partial charge on any atom is -0.495 e. The van der Waals surface area contributed by atoms with E-state index in [9.17, 15) is 4.79 Å². The predicted molar refractivity (Wildman–Crippen MR) is 112 cm³/mol. The first kappa shape index (κ1) is 18.7. The lowest BCUT2D eigenvalue weighted by Crippen LogP contribution is -2.49. The monoisotopic (exact) mass is 389 g/mol. The van der Waals surface area contributed by atoms with E-state index in [1.54, 1.807) is 37.8 Å². The molecule has 7 heteroatoms. The van der Waals surface area contributed by atoms with Crippen molar-refractivity contribution in [2.45, 2.75) is 6.04 Å². The topological polar surface area (TPSA) is 84.6 Å². The number of nitrogens with zero attached hydrogens (tertiary/aromatic N) is 4. The number of rotatable bonds is 5. The van der Waals surface area contributed by atoms with Crippen LogP contribution in [0.4, 0.5) is 11.5 Å². The van der Waals surface area contributed by atoms with Gasteiger partial charge in [0.25, 0.3) is 0 Å². The highest BCUT2D eigenvalue weighted by atomic mass is 16.5. The fourth-order valence-electron chi connectivity index (χ4n) is 3.76. The van der Waals surface area contributed by atoms with Crippen molar-refractivity contribution in [3.05, 3.63) is 78.2 Å². The lowest BCUT2D eigenvalue weighted by atomic mass is 10.00. The Morgan fingerprint density at radius 1 is 1.10 bits per heavy atom. The largest absolute Gasteiger partial charge is 0.495 e. The molecule has 0 bridgehead atoms. The van der Waals surface area contributed by atoms with Gasteiger partial charge in [0.05, 0.1) is 25.0 Å². The summed E-state index contributed by atoms with van der Waals surface area (Å²) >= 11 is 0. The van der Waals surface area contributed by atoms with Gasteiger partial charge in [-0.3, -0.25) is 9.78 Å². The van der Waals surface area contributed by atoms with Gasteiger partial charge >= 0.3 is 0 Å². The van der Waals surface area contributed by atoms with Gasteiger partial charge in [-0.15, -0.1) is 0 Å². The number of methoxy groups -OCH3 is 1. The Kier molecular flexibility index (Phi) is 5.29. The normalized spacial score (nSPS) is 16.5. The summed E-state index contributed by atoms with van der Waals surface area (Å²) < 4.78 is 5.56. The van der Waals surface area contributed by atoms with Crippen molar-refractivity contribution in [3.63, 3.8) is 0 Å². The molecule has 1 saturated heterocycles. The Balaban J connectivity index is 1.69. The van der Waals surface area contributed by atoms with Gasteiger partial charge in [-0.2, -0.15) is 0 Å². The maximum atomic E-state index is 11.5. The van der Waals surface area contributed by atoms with E-state index in [1.165, 1.54) is 0 Å². The van der Waals surface area contributed by atoms with Crippen LogP contribution in [0.2, 0.25) is 0 Å². The molecule has 4 rings (SSSR count). The molecule has 1 amide bonds. The number of nitrogens with two attached hydrogens (primary N) is 1. The molecule has 7 nitrogen and oxygen atoms in total. The summed E-state index contributed by atoms with van der Waals surface area (Å²) in [5.74, 6) is 1.25. The third-order valence-electron chi connectivity index (χ3n) is 5.23. The van der Waals surface area contributed by atoms with E-state index < -0.39 is 5.91 Å². The van der Waals surface area contributed by atoms with Gasteiger partial charge in [0.1, 0.15) is 11.6 Å². The number of aromatic nitrogens is 2. The van der Waals surface area contributed by atoms with Gasteiger partial charge in [-0.25, -0.2) is 4.98 Å². The number of para-hydroxylation sites is 2. The van der Waals surface area contributed by atoms with Crippen LogP contribution in [0.15, 0.2) is 67.1 Å². The Hall–Kier alpha value is -3.61. The molecule has 3 aromatic rings. The number of carbonyl (C=O) groups is 1. The van der Waals surface area contributed by atoms with Crippen LogP contribution in [0.5, 0.6) is 5.75 Å². The van der Waals surface area contributed by atoms with Gasteiger partial charge in [0.2, 0.25) is 5.91 Å². The molecule has 1 aromatic heterocycles. The summed E-state index contributed by atoms with van der Waals surface area (Å²) in [7, 11) is 1.69. The van der Waals surface area contributed by atoms with E-state index in [2.05, 4.69) is 25.8 Å². The number of ether oxygens (including phenoxy) is 1. The van der Waals surface area contributed by atoms with E-state index in [-0.39, 0.29) is 6.04 Å². The van der Waals surface area contributed by atoms with Crippen LogP contribution < -0.4 is 20.3 Å². The third kappa shape index (κ3) is 3.85. The number of benzene rings is 2. The van der Waals surface area contributed by atoms with Gasteiger partial charge in [0.15, 0.2) is 0 Å². The molecule has 0 saturated carbocycles. The Bertz CT molecular complexity index is 978. The van der Waals surface area contributed by atoms with Crippen molar-refractivity contribution < 1.29 is 9.53 Å². The first-order valence-electron chi connectivity index (χ1n) is 9.48. The fourth-order valence-corrected chi connectivity index (χ4v) is 3.76. The predicted octanol–water partition coefficient (Wildman–Crippen LogP) is 2.65. The zero-order chi connectivity index (χ0) is 20.2. The molecule has 0 radical (unpaired) electrons. The van der Waals surface area contributed by atoms with Crippen LogP contribution in [-0.4, -0.2) is 42.6 Å². The summed E-state index contributed by atoms with van der Waals surface area (Å²) in [6, 6.07) is 15.5. The number of piperazine rings is 1. The van der Waals surface area contributed by atoms with Crippen molar-refractivity contribution in [1.82, 2.24) is 9.97 Å². The highest BCUT2D eigenvalue weighted by molar-refractivity contribution is 5.92. The highest BCUT2D eigenvalue weighted by Gasteiger charge is 2.30. The third-order valence-corrected chi connectivity index (χ3v) is 5.23. The van der Waals surface area contributed by atoms with Crippen LogP contribution in [0.1, 0.15) is 22.0 Å². The second kappa shape index (κ2) is 8.18. The van der Waals surface area contributed by atoms with Crippen LogP contribution in [0.3, 0.4) is 0 Å². The van der Waals surface area contributed by atoms with Gasteiger partial charge in [-0.05, 0) is 29.8 Å². The number of hydrogen-bond acceptors (Lipinski definition) is 6. The van der Waals surface area contributed by atoms with Crippen molar-refractivity contribution >= 4 is 17.4 Å². The molecule has 0 aliphatic carbocycles. The molecule has 1 atom stereocenters. The number of carbonyl (C=O) groups excluding carboxylic acids is 1. The van der Waals surface area contributed by atoms with E-state index in [0.29, 0.717) is 5.56 Å². The Morgan fingerprint density at radius 3 is 2.59 bits per heavy atom. The second-order valence-electron chi connectivity index (χ2n) is 6.88. The highest BCUT2D eigenvalue weighted by Crippen LogP contribution is 2.35. The smallest absolute Gasteiger partial charge is 0.248 e. The van der Waals surface area contributed by atoms with E-state index in [0.717, 1.165) is 42.5 Å². The molecule has 1 aliphatic heterocycles. The molecule has 2 aromatic carbocycles. The summed E-state index contributed by atoms with van der Waals surface area (Å²) in [6.07, 6.45) is 5.16. The average Bonchev–Trinajstić information content (AvgIpc) is 2.79. The number of amides is 1. The van der Waals surface area contributed by atoms with Crippen molar-refractivity contribution in [2.24, 2.45) is 5.73 Å². The van der Waals surface area contributed by atoms with Gasteiger partial charge in [-0.1, -0.05) is 24.3 Å². The summed E-state index contributed by atoms with van der Waals surface area (Å²) in [5.41, 5.74) is 8.04. The lowest BCUT2D eigenvalue weighted by Gasteiger charge is -2.43. The molecular formula is C22H23N5O2. The summed E-state index contributed by atoms with van der Waals surface area (Å²) in [6.45, 7) is 2.35. The molecule has 2 N–H and O–H groups in total. The molecule has 1 aliphatic rings. The average molecular weight is 389 g/mol. The standard InChI is InChI=1S/C22H23N5O2/c1-29-20-5-3-2-4-18(20)26-12-13-27(21-14-24-10-11-25-21)19(15-26)16-6-8-17(9-7-16)22(23)28/h2-11,14,19H,12-13,15H2,1H3,(H2,23,28). The molecule has 1 unspecified atom stereocenters. The van der Waals surface area contributed by atoms with Crippen molar-refractivity contribution in [1.29, 1.82) is 0 Å². The quantitative estimate of drug-likeness (QED) is 0.722. The summed E-state index contributed by atoms with van der Waals surface area (Å²) in [5, 5.41) is 0. The zero-order valence-electron chi connectivity index (χ0n) is 16.2. The minimum absolute atomic E-state index is 0.0345. The first-order valence-corrected chi connectivity index (χ1v) is 9.48. The van der Waals surface area contributed by atoms with Crippen LogP contribution in [-0.2, 0) is 0 Å². The van der Waals surface area contributed by atoms with Gasteiger partial charge in [0, 0.05) is 37.6 Å². The number of hydrogen-bond donors (Lipinski definition) is 1. The lowest BCUT2D eigenvalue weighted by molar-refractivity contribution is 0.100. The maximum Gasteiger partial charge on any atom is 0.248 e. The second-order valence-corrected chi connectivity index (χ2v) is 6.88. The van der Waals surface area contributed by atoms with Crippen molar-refractivity contribution in [2.75, 3.05) is 36.5 Å². The van der Waals surface area contributed by atoms with Crippen LogP contribution >= 0.6 is 0 Å². The van der Waals surface area contributed by atoms with Crippen molar-refractivity contribution in [3.8, 4) is 5.75 Å². The molecule has 2 heterocycles. The zero-order valence-corrected chi connectivity index (χ0v) is 16.2. The summed E-state index contributed by atoms with van der Waals surface area (Å²) in [4.78, 5) is 24.8. The molecular weight excluding hydrogens is 366 g/mol. The van der Waals surface area contributed by atoms with E-state index in [1.807, 2.05) is 30.3 Å².